The zero-order chi connectivity index (χ0) is 23.0. The Morgan fingerprint density at radius 1 is 1.16 bits per heavy atom. The van der Waals surface area contributed by atoms with Crippen molar-refractivity contribution in [3.05, 3.63) is 35.9 Å². The fourth-order valence-corrected chi connectivity index (χ4v) is 5.25. The Labute approximate surface area is 190 Å². The number of carbonyl (C=O) groups excluding carboxylic acids is 1. The van der Waals surface area contributed by atoms with Crippen molar-refractivity contribution >= 4 is 14.2 Å². The second-order valence-electron chi connectivity index (χ2n) is 11.9. The van der Waals surface area contributed by atoms with Crippen LogP contribution >= 0.6 is 0 Å². The summed E-state index contributed by atoms with van der Waals surface area (Å²) in [6, 6.07) is 11.3. The Bertz CT molecular complexity index is 754. The molecule has 1 unspecified atom stereocenters. The first-order valence-electron chi connectivity index (χ1n) is 11.8. The van der Waals surface area contributed by atoms with Crippen molar-refractivity contribution in [2.75, 3.05) is 13.2 Å². The van der Waals surface area contributed by atoms with Crippen molar-refractivity contribution in [2.45, 2.75) is 102 Å². The van der Waals surface area contributed by atoms with Crippen molar-refractivity contribution in [1.29, 1.82) is 0 Å². The number of rotatable bonds is 7. The first-order chi connectivity index (χ1) is 14.3. The van der Waals surface area contributed by atoms with Crippen LogP contribution < -0.4 is 10.6 Å². The maximum Gasteiger partial charge on any atom is 0.239 e. The molecule has 2 fully saturated rings. The van der Waals surface area contributed by atoms with Crippen LogP contribution in [0.4, 0.5) is 0 Å². The smallest absolute Gasteiger partial charge is 0.239 e. The molecule has 0 bridgehead atoms. The predicted octanol–water partition coefficient (Wildman–Crippen LogP) is 3.95. The standard InChI is InChI=1S/C25H43N3O2Si/c1-24(2,3)27-23(29)21-22-20(17-30-31(7,8)25(4,5)6)28(22)16-19(26-21)15-14-18-12-10-9-11-13-18/h9-13,19-22,26H,14-17H2,1-8H3,(H,27,29)/t19-,20-,21-,22+,28?/m1/s1. The van der Waals surface area contributed by atoms with Crippen LogP contribution in [0, 0.1) is 0 Å². The molecule has 2 N–H and O–H groups in total. The lowest BCUT2D eigenvalue weighted by Gasteiger charge is -2.36. The number of hydrogen-bond acceptors (Lipinski definition) is 4. The Hall–Kier alpha value is -1.21. The summed E-state index contributed by atoms with van der Waals surface area (Å²) < 4.78 is 6.54. The number of amides is 1. The SMILES string of the molecule is CC(C)(C)NC(=O)[C@@H]1N[C@H](CCc2ccccc2)CN2[C@H]1[C@H]2CO[Si](C)(C)C(C)(C)C. The van der Waals surface area contributed by atoms with Gasteiger partial charge in [0.2, 0.25) is 5.91 Å². The average Bonchev–Trinajstić information content (AvgIpc) is 3.35. The summed E-state index contributed by atoms with van der Waals surface area (Å²) in [4.78, 5) is 15.6. The molecule has 3 rings (SSSR count). The van der Waals surface area contributed by atoms with E-state index in [1.807, 2.05) is 20.8 Å². The molecule has 1 aromatic carbocycles. The van der Waals surface area contributed by atoms with E-state index in [4.69, 9.17) is 4.43 Å². The summed E-state index contributed by atoms with van der Waals surface area (Å²) in [7, 11) is -1.80. The molecule has 0 spiro atoms. The molecular formula is C25H43N3O2Si. The highest BCUT2D eigenvalue weighted by Crippen LogP contribution is 2.40. The lowest BCUT2D eigenvalue weighted by molar-refractivity contribution is -0.125. The number of nitrogens with one attached hydrogen (secondary N) is 2. The molecule has 6 heteroatoms. The van der Waals surface area contributed by atoms with Crippen molar-refractivity contribution in [1.82, 2.24) is 15.5 Å². The van der Waals surface area contributed by atoms with E-state index >= 15 is 0 Å². The number of piperazine rings is 1. The molecule has 1 amide bonds. The molecule has 2 aliphatic heterocycles. The third-order valence-electron chi connectivity index (χ3n) is 7.13. The van der Waals surface area contributed by atoms with Crippen LogP contribution in [0.25, 0.3) is 0 Å². The maximum atomic E-state index is 13.1. The van der Waals surface area contributed by atoms with Gasteiger partial charge in [0, 0.05) is 24.2 Å². The monoisotopic (exact) mass is 445 g/mol. The minimum atomic E-state index is -1.80. The van der Waals surface area contributed by atoms with Crippen molar-refractivity contribution in [3.63, 3.8) is 0 Å². The van der Waals surface area contributed by atoms with Crippen LogP contribution in [-0.2, 0) is 15.6 Å². The third kappa shape index (κ3) is 6.19. The van der Waals surface area contributed by atoms with Gasteiger partial charge in [0.15, 0.2) is 8.32 Å². The van der Waals surface area contributed by atoms with E-state index < -0.39 is 8.32 Å². The molecule has 5 nitrogen and oxygen atoms in total. The van der Waals surface area contributed by atoms with Gasteiger partial charge in [0.05, 0.1) is 12.6 Å². The highest BCUT2D eigenvalue weighted by molar-refractivity contribution is 6.74. The minimum absolute atomic E-state index is 0.113. The van der Waals surface area contributed by atoms with Gasteiger partial charge in [-0.15, -0.1) is 0 Å². The predicted molar refractivity (Wildman–Crippen MR) is 131 cm³/mol. The van der Waals surface area contributed by atoms with Gasteiger partial charge in [-0.05, 0) is 57.3 Å². The number of benzene rings is 1. The molecular weight excluding hydrogens is 402 g/mol. The van der Waals surface area contributed by atoms with Gasteiger partial charge >= 0.3 is 0 Å². The summed E-state index contributed by atoms with van der Waals surface area (Å²) in [5.74, 6) is 0.113. The van der Waals surface area contributed by atoms with E-state index in [2.05, 4.69) is 79.7 Å². The molecule has 0 aliphatic carbocycles. The van der Waals surface area contributed by atoms with Gasteiger partial charge < -0.3 is 15.1 Å². The topological polar surface area (TPSA) is 53.4 Å². The van der Waals surface area contributed by atoms with E-state index in [-0.39, 0.29) is 28.6 Å². The normalized spacial score (nSPS) is 28.7. The highest BCUT2D eigenvalue weighted by atomic mass is 28.4. The van der Waals surface area contributed by atoms with E-state index in [1.165, 1.54) is 5.56 Å². The molecule has 1 aromatic rings. The summed E-state index contributed by atoms with van der Waals surface area (Å²) in [5, 5.41) is 7.09. The van der Waals surface area contributed by atoms with Gasteiger partial charge in [-0.3, -0.25) is 9.69 Å². The zero-order valence-corrected chi connectivity index (χ0v) is 21.8. The van der Waals surface area contributed by atoms with E-state index in [1.54, 1.807) is 0 Å². The molecule has 2 saturated heterocycles. The fourth-order valence-electron chi connectivity index (χ4n) is 4.23. The van der Waals surface area contributed by atoms with E-state index in [0.717, 1.165) is 26.0 Å². The Kier molecular flexibility index (Phi) is 7.07. The van der Waals surface area contributed by atoms with Gasteiger partial charge in [0.1, 0.15) is 6.04 Å². The van der Waals surface area contributed by atoms with Crippen molar-refractivity contribution < 1.29 is 9.22 Å². The second-order valence-corrected chi connectivity index (χ2v) is 16.7. The number of fused-ring (bicyclic) bond motifs is 1. The largest absolute Gasteiger partial charge is 0.415 e. The second kappa shape index (κ2) is 8.97. The first-order valence-corrected chi connectivity index (χ1v) is 14.7. The van der Waals surface area contributed by atoms with Crippen molar-refractivity contribution in [2.24, 2.45) is 0 Å². The van der Waals surface area contributed by atoms with Gasteiger partial charge in [-0.25, -0.2) is 0 Å². The summed E-state index contributed by atoms with van der Waals surface area (Å²) in [5.41, 5.74) is 1.12. The lowest BCUT2D eigenvalue weighted by Crippen LogP contribution is -2.59. The lowest BCUT2D eigenvalue weighted by atomic mass is 10.0. The van der Waals surface area contributed by atoms with Crippen LogP contribution in [0.15, 0.2) is 30.3 Å². The number of carbonyl (C=O) groups is 1. The summed E-state index contributed by atoms with van der Waals surface area (Å²) in [6.45, 7) is 19.3. The third-order valence-corrected chi connectivity index (χ3v) is 11.6. The van der Waals surface area contributed by atoms with Crippen LogP contribution in [0.2, 0.25) is 18.1 Å². The molecule has 31 heavy (non-hydrogen) atoms. The molecule has 174 valence electrons. The van der Waals surface area contributed by atoms with Crippen LogP contribution in [0.1, 0.15) is 53.5 Å². The minimum Gasteiger partial charge on any atom is -0.415 e. The zero-order valence-electron chi connectivity index (χ0n) is 20.8. The quantitative estimate of drug-likeness (QED) is 0.493. The van der Waals surface area contributed by atoms with Gasteiger partial charge in [-0.1, -0.05) is 51.1 Å². The van der Waals surface area contributed by atoms with Crippen LogP contribution in [0.5, 0.6) is 0 Å². The van der Waals surface area contributed by atoms with Crippen LogP contribution in [-0.4, -0.2) is 62.0 Å². The average molecular weight is 446 g/mol. The Morgan fingerprint density at radius 2 is 1.81 bits per heavy atom. The van der Waals surface area contributed by atoms with E-state index in [0.29, 0.717) is 12.1 Å². The van der Waals surface area contributed by atoms with Crippen molar-refractivity contribution in [3.8, 4) is 0 Å². The number of aryl methyl sites for hydroxylation is 1. The number of nitrogens with zero attached hydrogens (tertiary/aromatic N) is 1. The van der Waals surface area contributed by atoms with E-state index in [9.17, 15) is 4.79 Å². The molecule has 0 saturated carbocycles. The number of hydrogen-bond donors (Lipinski definition) is 2. The Balaban J connectivity index is 1.66. The van der Waals surface area contributed by atoms with Gasteiger partial charge in [0.25, 0.3) is 0 Å². The van der Waals surface area contributed by atoms with Gasteiger partial charge in [-0.2, -0.15) is 0 Å². The summed E-state index contributed by atoms with van der Waals surface area (Å²) in [6.07, 6.45) is 2.05. The first kappa shape index (κ1) is 24.4. The van der Waals surface area contributed by atoms with Crippen LogP contribution in [0.3, 0.4) is 0 Å². The highest BCUT2D eigenvalue weighted by Gasteiger charge is 2.58. The molecule has 5 atom stereocenters. The Morgan fingerprint density at radius 3 is 2.39 bits per heavy atom. The summed E-state index contributed by atoms with van der Waals surface area (Å²) >= 11 is 0. The molecule has 0 aromatic heterocycles. The molecule has 2 aliphatic rings. The fraction of sp³-hybridized carbons (Fsp3) is 0.720. The molecule has 2 heterocycles. The molecule has 0 radical (unpaired) electrons. The maximum absolute atomic E-state index is 13.1.